The predicted octanol–water partition coefficient (Wildman–Crippen LogP) is 4.61. The zero-order valence-corrected chi connectivity index (χ0v) is 18.2. The van der Waals surface area contributed by atoms with Gasteiger partial charge in [0.2, 0.25) is 5.91 Å². The Kier molecular flexibility index (Phi) is 8.15. The molecule has 4 aliphatic rings. The molecule has 0 radical (unpaired) electrons. The van der Waals surface area contributed by atoms with E-state index in [0.717, 1.165) is 13.0 Å². The second-order valence-electron chi connectivity index (χ2n) is 6.89. The minimum Gasteiger partial charge on any atom is -0.348 e. The monoisotopic (exact) mass is 373 g/mol. The molecule has 4 heteroatoms. The number of nitrogens with zero attached hydrogens (tertiary/aromatic N) is 2. The Morgan fingerprint density at radius 3 is 2.33 bits per heavy atom. The van der Waals surface area contributed by atoms with Crippen LogP contribution in [0.25, 0.3) is 0 Å². The molecular formula is C23H39N3O. The van der Waals surface area contributed by atoms with Gasteiger partial charge in [0.25, 0.3) is 0 Å². The average molecular weight is 374 g/mol. The molecule has 1 N–H and O–H groups in total. The van der Waals surface area contributed by atoms with Crippen molar-refractivity contribution in [1.82, 2.24) is 10.2 Å². The first-order chi connectivity index (χ1) is 13.3. The van der Waals surface area contributed by atoms with Gasteiger partial charge in [0.1, 0.15) is 0 Å². The molecule has 0 aliphatic carbocycles. The zero-order chi connectivity index (χ0) is 20.0. The van der Waals surface area contributed by atoms with E-state index in [-0.39, 0.29) is 11.8 Å². The number of benzene rings is 1. The van der Waals surface area contributed by atoms with Crippen LogP contribution in [0.3, 0.4) is 0 Å². The van der Waals surface area contributed by atoms with Crippen LogP contribution in [0.4, 0.5) is 5.69 Å². The van der Waals surface area contributed by atoms with Crippen molar-refractivity contribution < 1.29 is 4.79 Å². The maximum atomic E-state index is 12.5. The Morgan fingerprint density at radius 1 is 0.889 bits per heavy atom. The first kappa shape index (κ1) is 21.7. The number of para-hydroxylation sites is 1. The van der Waals surface area contributed by atoms with Gasteiger partial charge in [-0.15, -0.1) is 0 Å². The number of fused-ring (bicyclic) bond motifs is 3. The summed E-state index contributed by atoms with van der Waals surface area (Å²) in [6.07, 6.45) is 3.45. The van der Waals surface area contributed by atoms with Crippen molar-refractivity contribution in [1.29, 1.82) is 0 Å². The van der Waals surface area contributed by atoms with E-state index >= 15 is 0 Å². The first-order valence-electron chi connectivity index (χ1n) is 11.2. The summed E-state index contributed by atoms with van der Waals surface area (Å²) >= 11 is 0. The SMILES string of the molecule is CC.CC.CC.O=C1NCN2c3ccccc3C3CCN4CCCC1C4C32. The number of carbonyl (C=O) groups is 1. The fourth-order valence-electron chi connectivity index (χ4n) is 5.25. The summed E-state index contributed by atoms with van der Waals surface area (Å²) in [5, 5.41) is 3.19. The largest absolute Gasteiger partial charge is 0.348 e. The molecule has 0 bridgehead atoms. The fourth-order valence-corrected chi connectivity index (χ4v) is 5.25. The number of carbonyl (C=O) groups excluding carboxylic acids is 1. The highest BCUT2D eigenvalue weighted by Crippen LogP contribution is 2.50. The average Bonchev–Trinajstić information content (AvgIpc) is 3.01. The maximum absolute atomic E-state index is 12.5. The van der Waals surface area contributed by atoms with E-state index in [0.29, 0.717) is 24.7 Å². The standard InChI is InChI=1S/C17H21N3O.3C2H6/c21-17-13-5-3-8-19-9-7-12-11-4-1-2-6-14(11)20(10-18-17)16(12)15(13)19;3*1-2/h1-2,4,6,12-13,15-16H,3,5,7-10H2,(H,18,21);3*1-2H3. The molecule has 27 heavy (non-hydrogen) atoms. The summed E-state index contributed by atoms with van der Waals surface area (Å²) in [5.74, 6) is 1.07. The third-order valence-corrected chi connectivity index (χ3v) is 6.05. The number of nitrogens with one attached hydrogen (secondary N) is 1. The van der Waals surface area contributed by atoms with Crippen LogP contribution in [0.2, 0.25) is 0 Å². The van der Waals surface area contributed by atoms with Crippen molar-refractivity contribution in [3.63, 3.8) is 0 Å². The highest BCUT2D eigenvalue weighted by Gasteiger charge is 2.53. The van der Waals surface area contributed by atoms with Crippen LogP contribution >= 0.6 is 0 Å². The van der Waals surface area contributed by atoms with Crippen LogP contribution in [0.5, 0.6) is 0 Å². The molecule has 1 aromatic carbocycles. The van der Waals surface area contributed by atoms with Crippen LogP contribution in [0.1, 0.15) is 72.3 Å². The van der Waals surface area contributed by atoms with Crippen molar-refractivity contribution in [2.75, 3.05) is 24.7 Å². The molecule has 1 aromatic rings. The van der Waals surface area contributed by atoms with E-state index in [1.807, 2.05) is 41.5 Å². The first-order valence-corrected chi connectivity index (χ1v) is 11.2. The molecule has 4 heterocycles. The van der Waals surface area contributed by atoms with Crippen LogP contribution in [-0.2, 0) is 4.79 Å². The van der Waals surface area contributed by atoms with Gasteiger partial charge < -0.3 is 10.2 Å². The maximum Gasteiger partial charge on any atom is 0.226 e. The van der Waals surface area contributed by atoms with E-state index in [2.05, 4.69) is 39.4 Å². The molecule has 0 aromatic heterocycles. The van der Waals surface area contributed by atoms with Crippen molar-refractivity contribution in [3.8, 4) is 0 Å². The van der Waals surface area contributed by atoms with Crippen molar-refractivity contribution in [3.05, 3.63) is 29.8 Å². The lowest BCUT2D eigenvalue weighted by atomic mass is 9.75. The van der Waals surface area contributed by atoms with E-state index < -0.39 is 0 Å². The second-order valence-corrected chi connectivity index (χ2v) is 6.89. The lowest BCUT2D eigenvalue weighted by Crippen LogP contribution is -2.60. The molecule has 4 unspecified atom stereocenters. The van der Waals surface area contributed by atoms with Gasteiger partial charge in [-0.25, -0.2) is 0 Å². The van der Waals surface area contributed by atoms with Crippen molar-refractivity contribution in [2.24, 2.45) is 5.92 Å². The Bertz CT molecular complexity index is 603. The number of hydrogen-bond donors (Lipinski definition) is 1. The Hall–Kier alpha value is -1.55. The number of anilines is 1. The highest BCUT2D eigenvalue weighted by atomic mass is 16.2. The number of amides is 1. The lowest BCUT2D eigenvalue weighted by molar-refractivity contribution is -0.128. The van der Waals surface area contributed by atoms with Crippen molar-refractivity contribution in [2.45, 2.75) is 78.8 Å². The van der Waals surface area contributed by atoms with Crippen LogP contribution in [0.15, 0.2) is 24.3 Å². The number of piperidine rings is 2. The topological polar surface area (TPSA) is 35.6 Å². The van der Waals surface area contributed by atoms with E-state index in [4.69, 9.17) is 0 Å². The summed E-state index contributed by atoms with van der Waals surface area (Å²) in [7, 11) is 0. The molecule has 152 valence electrons. The van der Waals surface area contributed by atoms with Crippen LogP contribution in [-0.4, -0.2) is 42.6 Å². The molecule has 0 saturated carbocycles. The van der Waals surface area contributed by atoms with Crippen LogP contribution in [0, 0.1) is 5.92 Å². The van der Waals surface area contributed by atoms with Gasteiger partial charge in [-0.2, -0.15) is 0 Å². The second kappa shape index (κ2) is 10.1. The third kappa shape index (κ3) is 3.73. The van der Waals surface area contributed by atoms with Gasteiger partial charge in [-0.05, 0) is 44.0 Å². The normalized spacial score (nSPS) is 29.9. The number of rotatable bonds is 0. The van der Waals surface area contributed by atoms with Gasteiger partial charge in [0.05, 0.1) is 18.6 Å². The Balaban J connectivity index is 0.000000400. The highest BCUT2D eigenvalue weighted by molar-refractivity contribution is 5.81. The van der Waals surface area contributed by atoms with Gasteiger partial charge in [-0.1, -0.05) is 59.7 Å². The van der Waals surface area contributed by atoms with Gasteiger partial charge in [-0.3, -0.25) is 9.69 Å². The molecule has 0 spiro atoms. The van der Waals surface area contributed by atoms with Gasteiger partial charge >= 0.3 is 0 Å². The van der Waals surface area contributed by atoms with Gasteiger partial charge in [0.15, 0.2) is 0 Å². The molecule has 3 fully saturated rings. The molecular weight excluding hydrogens is 334 g/mol. The fraction of sp³-hybridized carbons (Fsp3) is 0.696. The van der Waals surface area contributed by atoms with Crippen molar-refractivity contribution >= 4 is 11.6 Å². The van der Waals surface area contributed by atoms with E-state index in [1.165, 1.54) is 30.6 Å². The smallest absolute Gasteiger partial charge is 0.226 e. The summed E-state index contributed by atoms with van der Waals surface area (Å²) in [4.78, 5) is 17.6. The quantitative estimate of drug-likeness (QED) is 0.721. The minimum atomic E-state index is 0.186. The summed E-state index contributed by atoms with van der Waals surface area (Å²) in [5.41, 5.74) is 2.85. The summed E-state index contributed by atoms with van der Waals surface area (Å²) < 4.78 is 0. The molecule has 5 rings (SSSR count). The lowest BCUT2D eigenvalue weighted by Gasteiger charge is -2.49. The zero-order valence-electron chi connectivity index (χ0n) is 18.2. The summed E-state index contributed by atoms with van der Waals surface area (Å²) in [6.45, 7) is 15.0. The minimum absolute atomic E-state index is 0.186. The number of hydrogen-bond acceptors (Lipinski definition) is 3. The molecule has 4 aliphatic heterocycles. The third-order valence-electron chi connectivity index (χ3n) is 6.05. The predicted molar refractivity (Wildman–Crippen MR) is 115 cm³/mol. The summed E-state index contributed by atoms with van der Waals surface area (Å²) in [6, 6.07) is 9.71. The van der Waals surface area contributed by atoms with Crippen LogP contribution < -0.4 is 10.2 Å². The Labute approximate surface area is 166 Å². The van der Waals surface area contributed by atoms with E-state index in [9.17, 15) is 4.79 Å². The molecule has 1 amide bonds. The molecule has 3 saturated heterocycles. The Morgan fingerprint density at radius 2 is 1.59 bits per heavy atom. The van der Waals surface area contributed by atoms with Gasteiger partial charge in [0, 0.05) is 17.6 Å². The molecule has 4 atom stereocenters. The molecule has 4 nitrogen and oxygen atoms in total. The van der Waals surface area contributed by atoms with E-state index in [1.54, 1.807) is 0 Å².